The van der Waals surface area contributed by atoms with Crippen molar-refractivity contribution in [1.82, 2.24) is 20.2 Å². The topological polar surface area (TPSA) is 117 Å². The molecule has 3 aromatic heterocycles. The molecule has 1 aliphatic carbocycles. The number of hydrogen-bond acceptors (Lipinski definition) is 5. The van der Waals surface area contributed by atoms with Gasteiger partial charge in [-0.2, -0.15) is 4.98 Å². The average Bonchev–Trinajstić information content (AvgIpc) is 3.37. The van der Waals surface area contributed by atoms with Gasteiger partial charge in [-0.25, -0.2) is 0 Å². The summed E-state index contributed by atoms with van der Waals surface area (Å²) in [7, 11) is 0. The van der Waals surface area contributed by atoms with Gasteiger partial charge in [0.05, 0.1) is 0 Å². The predicted molar refractivity (Wildman–Crippen MR) is 112 cm³/mol. The molecule has 0 atom stereocenters. The Morgan fingerprint density at radius 1 is 1.23 bits per heavy atom. The van der Waals surface area contributed by atoms with Crippen LogP contribution in [0.2, 0.25) is 0 Å². The van der Waals surface area contributed by atoms with Crippen LogP contribution in [0.5, 0.6) is 0 Å². The van der Waals surface area contributed by atoms with Gasteiger partial charge >= 0.3 is 0 Å². The van der Waals surface area contributed by atoms with E-state index < -0.39 is 0 Å². The van der Waals surface area contributed by atoms with Crippen molar-refractivity contribution in [3.63, 3.8) is 0 Å². The SMILES string of the molecule is Cc1c(C(=O)Nc2n[nH]c(-c3cc4ccccc4o3)n2)[nH]c2c1C(=O)CC(C)(C)C2. The predicted octanol–water partition coefficient (Wildman–Crippen LogP) is 4.26. The molecule has 152 valence electrons. The zero-order valence-electron chi connectivity index (χ0n) is 16.9. The molecule has 0 unspecified atom stereocenters. The van der Waals surface area contributed by atoms with Crippen molar-refractivity contribution < 1.29 is 14.0 Å². The van der Waals surface area contributed by atoms with Gasteiger partial charge in [0.1, 0.15) is 11.3 Å². The molecule has 0 saturated heterocycles. The average molecular weight is 403 g/mol. The number of carbonyl (C=O) groups is 2. The number of aromatic nitrogens is 4. The van der Waals surface area contributed by atoms with Crippen molar-refractivity contribution in [3.05, 3.63) is 52.8 Å². The maximum absolute atomic E-state index is 12.8. The largest absolute Gasteiger partial charge is 0.453 e. The molecule has 5 rings (SSSR count). The number of nitrogens with zero attached hydrogens (tertiary/aromatic N) is 2. The first-order valence-corrected chi connectivity index (χ1v) is 9.78. The quantitative estimate of drug-likeness (QED) is 0.472. The number of aromatic amines is 2. The fourth-order valence-electron chi connectivity index (χ4n) is 4.15. The summed E-state index contributed by atoms with van der Waals surface area (Å²) in [6, 6.07) is 9.50. The molecule has 0 spiro atoms. The van der Waals surface area contributed by atoms with Gasteiger partial charge in [0.2, 0.25) is 5.95 Å². The van der Waals surface area contributed by atoms with Crippen LogP contribution in [0.3, 0.4) is 0 Å². The van der Waals surface area contributed by atoms with Gasteiger partial charge in [-0.05, 0) is 36.5 Å². The molecule has 8 heteroatoms. The van der Waals surface area contributed by atoms with Crippen LogP contribution in [0.1, 0.15) is 52.4 Å². The minimum atomic E-state index is -0.386. The number of fused-ring (bicyclic) bond motifs is 2. The van der Waals surface area contributed by atoms with Crippen LogP contribution < -0.4 is 5.32 Å². The van der Waals surface area contributed by atoms with Gasteiger partial charge < -0.3 is 9.40 Å². The number of Topliss-reactive ketones (excluding diaryl/α,β-unsaturated/α-hetero) is 1. The lowest BCUT2D eigenvalue weighted by atomic mass is 9.75. The van der Waals surface area contributed by atoms with Crippen LogP contribution in [0.4, 0.5) is 5.95 Å². The molecule has 30 heavy (non-hydrogen) atoms. The molecule has 1 aliphatic rings. The Balaban J connectivity index is 1.40. The summed E-state index contributed by atoms with van der Waals surface area (Å²) in [5, 5.41) is 10.5. The molecule has 1 amide bonds. The molecule has 3 heterocycles. The minimum Gasteiger partial charge on any atom is -0.453 e. The summed E-state index contributed by atoms with van der Waals surface area (Å²) >= 11 is 0. The normalized spacial score (nSPS) is 15.4. The zero-order chi connectivity index (χ0) is 21.0. The second-order valence-corrected chi connectivity index (χ2v) is 8.53. The summed E-state index contributed by atoms with van der Waals surface area (Å²) < 4.78 is 5.77. The summed E-state index contributed by atoms with van der Waals surface area (Å²) in [4.78, 5) is 32.9. The molecule has 0 saturated carbocycles. The lowest BCUT2D eigenvalue weighted by Gasteiger charge is -2.28. The third kappa shape index (κ3) is 3.01. The van der Waals surface area contributed by atoms with E-state index >= 15 is 0 Å². The number of rotatable bonds is 3. The van der Waals surface area contributed by atoms with E-state index in [1.54, 1.807) is 6.92 Å². The molecule has 1 aromatic carbocycles. The van der Waals surface area contributed by atoms with Crippen molar-refractivity contribution >= 4 is 28.6 Å². The molecule has 4 aromatic rings. The number of hydrogen-bond donors (Lipinski definition) is 3. The van der Waals surface area contributed by atoms with E-state index in [0.29, 0.717) is 34.8 Å². The number of nitrogens with one attached hydrogen (secondary N) is 3. The number of anilines is 1. The lowest BCUT2D eigenvalue weighted by molar-refractivity contribution is 0.0910. The van der Waals surface area contributed by atoms with Crippen LogP contribution in [0.15, 0.2) is 34.7 Å². The number of para-hydroxylation sites is 1. The first kappa shape index (κ1) is 18.4. The third-order valence-electron chi connectivity index (χ3n) is 5.50. The van der Waals surface area contributed by atoms with Gasteiger partial charge in [-0.15, -0.1) is 5.10 Å². The fourth-order valence-corrected chi connectivity index (χ4v) is 4.15. The highest BCUT2D eigenvalue weighted by atomic mass is 16.3. The van der Waals surface area contributed by atoms with E-state index in [9.17, 15) is 9.59 Å². The molecular weight excluding hydrogens is 382 g/mol. The van der Waals surface area contributed by atoms with Crippen molar-refractivity contribution in [3.8, 4) is 11.6 Å². The monoisotopic (exact) mass is 403 g/mol. The lowest BCUT2D eigenvalue weighted by Crippen LogP contribution is -2.26. The Labute approximate surface area is 172 Å². The first-order chi connectivity index (χ1) is 14.3. The van der Waals surface area contributed by atoms with Crippen molar-refractivity contribution in [2.45, 2.75) is 33.6 Å². The highest BCUT2D eigenvalue weighted by Gasteiger charge is 2.35. The number of H-pyrrole nitrogens is 2. The van der Waals surface area contributed by atoms with Gasteiger partial charge in [0.25, 0.3) is 5.91 Å². The standard InChI is InChI=1S/C22H21N5O3/c1-11-17-13(9-22(2,3)10-14(17)28)23-18(11)20(29)25-21-24-19(26-27-21)16-8-12-6-4-5-7-15(12)30-16/h4-8,23H,9-10H2,1-3H3,(H2,24,25,26,27,29). The highest BCUT2D eigenvalue weighted by Crippen LogP contribution is 2.36. The van der Waals surface area contributed by atoms with Gasteiger partial charge in [-0.3, -0.25) is 20.0 Å². The summed E-state index contributed by atoms with van der Waals surface area (Å²) in [5.41, 5.74) is 3.10. The van der Waals surface area contributed by atoms with Crippen LogP contribution in [0.25, 0.3) is 22.6 Å². The Bertz CT molecular complexity index is 1270. The molecular formula is C22H21N5O3. The van der Waals surface area contributed by atoms with Crippen LogP contribution in [-0.4, -0.2) is 31.9 Å². The molecule has 8 nitrogen and oxygen atoms in total. The number of amides is 1. The molecule has 0 radical (unpaired) electrons. The summed E-state index contributed by atoms with van der Waals surface area (Å²) in [6.45, 7) is 5.90. The number of furan rings is 1. The highest BCUT2D eigenvalue weighted by molar-refractivity contribution is 6.08. The van der Waals surface area contributed by atoms with Crippen LogP contribution >= 0.6 is 0 Å². The van der Waals surface area contributed by atoms with E-state index in [4.69, 9.17) is 4.42 Å². The van der Waals surface area contributed by atoms with Gasteiger partial charge in [-0.1, -0.05) is 32.0 Å². The van der Waals surface area contributed by atoms with E-state index in [1.165, 1.54) is 0 Å². The number of ketones is 1. The smallest absolute Gasteiger partial charge is 0.274 e. The van der Waals surface area contributed by atoms with Crippen molar-refractivity contribution in [1.29, 1.82) is 0 Å². The first-order valence-electron chi connectivity index (χ1n) is 9.78. The fraction of sp³-hybridized carbons (Fsp3) is 0.273. The van der Waals surface area contributed by atoms with Crippen molar-refractivity contribution in [2.24, 2.45) is 5.41 Å². The maximum atomic E-state index is 12.8. The van der Waals surface area contributed by atoms with E-state index in [1.807, 2.05) is 30.3 Å². The second-order valence-electron chi connectivity index (χ2n) is 8.53. The summed E-state index contributed by atoms with van der Waals surface area (Å²) in [5.74, 6) is 0.764. The molecule has 0 fully saturated rings. The molecule has 3 N–H and O–H groups in total. The molecule has 0 aliphatic heterocycles. The van der Waals surface area contributed by atoms with Crippen LogP contribution in [0, 0.1) is 12.3 Å². The van der Waals surface area contributed by atoms with E-state index in [-0.39, 0.29) is 23.1 Å². The Morgan fingerprint density at radius 3 is 2.83 bits per heavy atom. The maximum Gasteiger partial charge on any atom is 0.274 e. The minimum absolute atomic E-state index is 0.0686. The summed E-state index contributed by atoms with van der Waals surface area (Å²) in [6.07, 6.45) is 1.20. The Kier molecular flexibility index (Phi) is 3.92. The van der Waals surface area contributed by atoms with E-state index in [0.717, 1.165) is 23.1 Å². The van der Waals surface area contributed by atoms with Gasteiger partial charge in [0, 0.05) is 23.1 Å². The van der Waals surface area contributed by atoms with Gasteiger partial charge in [0.15, 0.2) is 17.4 Å². The third-order valence-corrected chi connectivity index (χ3v) is 5.50. The number of benzene rings is 1. The second kappa shape index (κ2) is 6.41. The van der Waals surface area contributed by atoms with Crippen molar-refractivity contribution in [2.75, 3.05) is 5.32 Å². The number of carbonyl (C=O) groups excluding carboxylic acids is 2. The Morgan fingerprint density at radius 2 is 2.03 bits per heavy atom. The molecule has 0 bridgehead atoms. The Hall–Kier alpha value is -3.68. The van der Waals surface area contributed by atoms with E-state index in [2.05, 4.69) is 39.3 Å². The zero-order valence-corrected chi connectivity index (χ0v) is 16.9. The van der Waals surface area contributed by atoms with Crippen LogP contribution in [-0.2, 0) is 6.42 Å².